The number of nitrogens with one attached hydrogen (secondary N) is 1. The van der Waals surface area contributed by atoms with E-state index in [1.165, 1.54) is 18.7 Å². The third kappa shape index (κ3) is 11.1. The van der Waals surface area contributed by atoms with Crippen LogP contribution in [0.4, 0.5) is 10.5 Å². The van der Waals surface area contributed by atoms with Gasteiger partial charge < -0.3 is 34.4 Å². The van der Waals surface area contributed by atoms with Crippen LogP contribution in [-0.2, 0) is 43.0 Å². The molecule has 328 valence electrons. The van der Waals surface area contributed by atoms with Crippen LogP contribution in [0.3, 0.4) is 0 Å². The lowest BCUT2D eigenvalue weighted by Gasteiger charge is -2.37. The molecule has 2 atom stereocenters. The average Bonchev–Trinajstić information content (AvgIpc) is 3.61. The minimum atomic E-state index is -1.37. The molecule has 1 unspecified atom stereocenters. The molecule has 2 saturated heterocycles. The summed E-state index contributed by atoms with van der Waals surface area (Å²) in [4.78, 5) is 94.9. The Morgan fingerprint density at radius 2 is 1.53 bits per heavy atom. The minimum Gasteiger partial charge on any atom is -0.481 e. The van der Waals surface area contributed by atoms with Gasteiger partial charge in [-0.15, -0.1) is 0 Å². The molecule has 2 heterocycles. The number of hydrogen-bond acceptors (Lipinski definition) is 11. The fraction of sp³-hybridized carbons (Fsp3) is 0.426. The lowest BCUT2D eigenvalue weighted by Crippen LogP contribution is -2.54. The number of anilines is 1. The number of piperidine rings is 1. The van der Waals surface area contributed by atoms with Gasteiger partial charge in [-0.25, -0.2) is 14.4 Å². The van der Waals surface area contributed by atoms with Crippen molar-refractivity contribution in [1.82, 2.24) is 14.7 Å². The zero-order chi connectivity index (χ0) is 44.4. The second-order valence-corrected chi connectivity index (χ2v) is 16.4. The highest BCUT2D eigenvalue weighted by Crippen LogP contribution is 2.44. The van der Waals surface area contributed by atoms with Crippen molar-refractivity contribution in [3.8, 4) is 11.1 Å². The van der Waals surface area contributed by atoms with Gasteiger partial charge in [0, 0.05) is 69.8 Å². The highest BCUT2D eigenvalue weighted by Gasteiger charge is 2.42. The zero-order valence-electron chi connectivity index (χ0n) is 35.2. The van der Waals surface area contributed by atoms with E-state index in [0.29, 0.717) is 63.2 Å². The largest absolute Gasteiger partial charge is 0.481 e. The van der Waals surface area contributed by atoms with E-state index >= 15 is 0 Å². The number of benzene rings is 3. The van der Waals surface area contributed by atoms with Crippen molar-refractivity contribution in [3.63, 3.8) is 0 Å². The van der Waals surface area contributed by atoms with Gasteiger partial charge in [0.05, 0.1) is 11.8 Å². The molecule has 3 aliphatic rings. The molecule has 3 aromatic carbocycles. The van der Waals surface area contributed by atoms with Gasteiger partial charge in [0.1, 0.15) is 25.4 Å². The lowest BCUT2D eigenvalue weighted by atomic mass is 9.87. The number of likely N-dealkylation sites (tertiary alicyclic amines) is 1. The van der Waals surface area contributed by atoms with Gasteiger partial charge in [-0.3, -0.25) is 24.1 Å². The third-order valence-electron chi connectivity index (χ3n) is 11.6. The second kappa shape index (κ2) is 20.5. The first-order valence-corrected chi connectivity index (χ1v) is 21.0. The molecule has 6 rings (SSSR count). The Balaban J connectivity index is 1.10. The van der Waals surface area contributed by atoms with Gasteiger partial charge in [-0.2, -0.15) is 0 Å². The number of carbonyl (C=O) groups excluding carboxylic acids is 6. The summed E-state index contributed by atoms with van der Waals surface area (Å²) in [5.41, 5.74) is 4.15. The van der Waals surface area contributed by atoms with Gasteiger partial charge in [0.2, 0.25) is 11.7 Å². The number of piperazine rings is 1. The van der Waals surface area contributed by atoms with Gasteiger partial charge in [-0.1, -0.05) is 67.2 Å². The number of esters is 2. The summed E-state index contributed by atoms with van der Waals surface area (Å²) < 4.78 is 17.2. The number of carbonyl (C=O) groups is 7. The number of fused-ring (bicyclic) bond motifs is 3. The third-order valence-corrected chi connectivity index (χ3v) is 11.6. The van der Waals surface area contributed by atoms with Crippen LogP contribution in [0.15, 0.2) is 85.5 Å². The van der Waals surface area contributed by atoms with E-state index in [2.05, 4.69) is 41.1 Å². The smallest absolute Gasteiger partial charge is 0.409 e. The van der Waals surface area contributed by atoms with Crippen molar-refractivity contribution in [2.24, 2.45) is 5.41 Å². The number of ether oxygens (including phenoxy) is 3. The molecule has 62 heavy (non-hydrogen) atoms. The molecule has 2 N–H and O–H groups in total. The van der Waals surface area contributed by atoms with Crippen molar-refractivity contribution < 1.29 is 52.9 Å². The van der Waals surface area contributed by atoms with Crippen LogP contribution in [0.5, 0.6) is 0 Å². The fourth-order valence-corrected chi connectivity index (χ4v) is 8.13. The monoisotopic (exact) mass is 850 g/mol. The summed E-state index contributed by atoms with van der Waals surface area (Å²) in [6.45, 7) is 8.75. The molecule has 3 aromatic rings. The number of carboxylic acids is 1. The maximum absolute atomic E-state index is 14.1. The van der Waals surface area contributed by atoms with Gasteiger partial charge >= 0.3 is 24.0 Å². The normalized spacial score (nSPS) is 16.9. The standard InChI is InChI=1S/C47H54N4O11/c1-4-42(55)61-30-47(2,3)43(56)44(57)51-22-10-9-18-38(51)45(58)62-39(31-12-11-13-32(28-31)48-40(52)19-20-41(53)54)21-23-49-24-26-50(27-25-49)46(59)60-29-37-35-16-7-5-14-33(35)34-15-6-8-17-36(34)37/h4-8,11-17,28,37-39H,1,9-10,18-27,29-30H2,2-3H3,(H,48,52)(H,53,54)/t38?,39-/m1/s1. The summed E-state index contributed by atoms with van der Waals surface area (Å²) in [5.74, 6) is -4.75. The Bertz CT molecular complexity index is 2130. The summed E-state index contributed by atoms with van der Waals surface area (Å²) >= 11 is 0. The molecule has 0 spiro atoms. The van der Waals surface area contributed by atoms with E-state index in [0.717, 1.165) is 28.3 Å². The number of rotatable bonds is 17. The van der Waals surface area contributed by atoms with Crippen LogP contribution < -0.4 is 5.32 Å². The van der Waals surface area contributed by atoms with Crippen molar-refractivity contribution in [3.05, 3.63) is 102 Å². The molecule has 15 heteroatoms. The van der Waals surface area contributed by atoms with Crippen molar-refractivity contribution in [2.45, 2.75) is 70.4 Å². The molecule has 0 radical (unpaired) electrons. The van der Waals surface area contributed by atoms with Crippen LogP contribution in [0.1, 0.15) is 81.1 Å². The maximum Gasteiger partial charge on any atom is 0.409 e. The predicted octanol–water partition coefficient (Wildman–Crippen LogP) is 5.74. The number of Topliss-reactive ketones (excluding diaryl/α,β-unsaturated/α-hetero) is 1. The van der Waals surface area contributed by atoms with Crippen molar-refractivity contribution in [1.29, 1.82) is 0 Å². The topological polar surface area (TPSA) is 189 Å². The fourth-order valence-electron chi connectivity index (χ4n) is 8.13. The molecule has 0 saturated carbocycles. The van der Waals surface area contributed by atoms with E-state index in [9.17, 15) is 33.6 Å². The number of amides is 3. The number of carboxylic acid groups (broad SMARTS) is 1. The molecule has 2 fully saturated rings. The van der Waals surface area contributed by atoms with E-state index in [4.69, 9.17) is 19.3 Å². The number of hydrogen-bond donors (Lipinski definition) is 2. The molecule has 0 bridgehead atoms. The second-order valence-electron chi connectivity index (χ2n) is 16.4. The van der Waals surface area contributed by atoms with E-state index in [-0.39, 0.29) is 51.0 Å². The highest BCUT2D eigenvalue weighted by atomic mass is 16.6. The number of aliphatic carboxylic acids is 1. The number of ketones is 1. The Morgan fingerprint density at radius 1 is 0.855 bits per heavy atom. The van der Waals surface area contributed by atoms with Crippen LogP contribution in [0, 0.1) is 5.41 Å². The first-order chi connectivity index (χ1) is 29.7. The van der Waals surface area contributed by atoms with Crippen LogP contribution >= 0.6 is 0 Å². The minimum absolute atomic E-state index is 0.0519. The van der Waals surface area contributed by atoms with E-state index in [1.54, 1.807) is 29.2 Å². The van der Waals surface area contributed by atoms with E-state index in [1.807, 2.05) is 24.3 Å². The molecular formula is C47H54N4O11. The lowest BCUT2D eigenvalue weighted by molar-refractivity contribution is -0.165. The summed E-state index contributed by atoms with van der Waals surface area (Å²) in [7, 11) is 0. The Labute approximate surface area is 361 Å². The van der Waals surface area contributed by atoms with Crippen LogP contribution in [0.2, 0.25) is 0 Å². The Hall–Kier alpha value is -6.35. The summed E-state index contributed by atoms with van der Waals surface area (Å²) in [6.07, 6.45) is 0.954. The molecular weight excluding hydrogens is 797 g/mol. The molecule has 1 aliphatic carbocycles. The summed E-state index contributed by atoms with van der Waals surface area (Å²) in [6, 6.07) is 22.0. The zero-order valence-corrected chi connectivity index (χ0v) is 35.2. The number of nitrogens with zero attached hydrogens (tertiary/aromatic N) is 3. The van der Waals surface area contributed by atoms with Gasteiger partial charge in [-0.05, 0) is 73.1 Å². The first kappa shape index (κ1) is 45.2. The highest BCUT2D eigenvalue weighted by molar-refractivity contribution is 6.38. The van der Waals surface area contributed by atoms with Crippen LogP contribution in [-0.4, -0.2) is 120 Å². The summed E-state index contributed by atoms with van der Waals surface area (Å²) in [5, 5.41) is 11.7. The molecule has 3 amide bonds. The quantitative estimate of drug-likeness (QED) is 0.0727. The Morgan fingerprint density at radius 3 is 2.19 bits per heavy atom. The van der Waals surface area contributed by atoms with Gasteiger partial charge in [0.15, 0.2) is 0 Å². The maximum atomic E-state index is 14.1. The van der Waals surface area contributed by atoms with Crippen LogP contribution in [0.25, 0.3) is 11.1 Å². The molecule has 15 nitrogen and oxygen atoms in total. The van der Waals surface area contributed by atoms with Crippen molar-refractivity contribution >= 4 is 47.3 Å². The van der Waals surface area contributed by atoms with Gasteiger partial charge in [0.25, 0.3) is 5.91 Å². The molecule has 0 aromatic heterocycles. The Kier molecular flexibility index (Phi) is 14.9. The van der Waals surface area contributed by atoms with Crippen molar-refractivity contribution in [2.75, 3.05) is 57.8 Å². The first-order valence-electron chi connectivity index (χ1n) is 21.0. The predicted molar refractivity (Wildman–Crippen MR) is 228 cm³/mol. The van der Waals surface area contributed by atoms with E-state index < -0.39 is 53.1 Å². The SMILES string of the molecule is C=CC(=O)OCC(C)(C)C(=O)C(=O)N1CCCCC1C(=O)O[C@H](CCN1CCN(C(=O)OCC2c3ccccc3-c3ccccc32)CC1)c1cccc(NC(=O)CCC(=O)O)c1. The molecule has 2 aliphatic heterocycles. The average molecular weight is 851 g/mol.